The number of nitrogens with zero attached hydrogens (tertiary/aromatic N) is 3. The van der Waals surface area contributed by atoms with Crippen LogP contribution in [0.1, 0.15) is 19.8 Å². The molecule has 0 saturated carbocycles. The van der Waals surface area contributed by atoms with Gasteiger partial charge in [-0.05, 0) is 38.8 Å². The highest BCUT2D eigenvalue weighted by Crippen LogP contribution is 2.16. The molecule has 0 spiro atoms. The fraction of sp³-hybridized carbons (Fsp3) is 0.941. The molecule has 6 heteroatoms. The van der Waals surface area contributed by atoms with Crippen molar-refractivity contribution in [1.82, 2.24) is 20.0 Å². The molecule has 23 heavy (non-hydrogen) atoms. The second-order valence-electron chi connectivity index (χ2n) is 7.14. The molecule has 1 atom stereocenters. The first-order valence-electron chi connectivity index (χ1n) is 9.27. The molecule has 0 bridgehead atoms. The summed E-state index contributed by atoms with van der Waals surface area (Å²) >= 11 is 0. The second kappa shape index (κ2) is 8.42. The normalized spacial score (nSPS) is 27.1. The average molecular weight is 324 g/mol. The third kappa shape index (κ3) is 4.66. The number of amides is 1. The van der Waals surface area contributed by atoms with Crippen molar-refractivity contribution in [1.29, 1.82) is 0 Å². The molecular formula is C17H32N4O2. The summed E-state index contributed by atoms with van der Waals surface area (Å²) in [5.41, 5.74) is 0. The van der Waals surface area contributed by atoms with Gasteiger partial charge in [0.25, 0.3) is 0 Å². The molecule has 0 aromatic carbocycles. The molecule has 0 aliphatic carbocycles. The first-order valence-corrected chi connectivity index (χ1v) is 9.27. The van der Waals surface area contributed by atoms with E-state index in [4.69, 9.17) is 4.74 Å². The number of carbonyl (C=O) groups excluding carboxylic acids is 1. The quantitative estimate of drug-likeness (QED) is 0.779. The van der Waals surface area contributed by atoms with Crippen molar-refractivity contribution in [2.75, 3.05) is 72.1 Å². The van der Waals surface area contributed by atoms with Crippen LogP contribution in [-0.4, -0.2) is 98.8 Å². The number of piperazine rings is 1. The molecule has 3 fully saturated rings. The summed E-state index contributed by atoms with van der Waals surface area (Å²) in [6, 6.07) is 0.00845. The van der Waals surface area contributed by atoms with E-state index in [2.05, 4.69) is 22.0 Å². The van der Waals surface area contributed by atoms with Gasteiger partial charge < -0.3 is 19.9 Å². The van der Waals surface area contributed by atoms with Gasteiger partial charge in [0.05, 0.1) is 19.3 Å². The molecule has 0 aromatic heterocycles. The van der Waals surface area contributed by atoms with Crippen molar-refractivity contribution in [2.24, 2.45) is 5.92 Å². The van der Waals surface area contributed by atoms with Gasteiger partial charge in [-0.2, -0.15) is 0 Å². The van der Waals surface area contributed by atoms with Crippen LogP contribution in [0.2, 0.25) is 0 Å². The minimum atomic E-state index is 0.00845. The lowest BCUT2D eigenvalue weighted by Gasteiger charge is -2.40. The van der Waals surface area contributed by atoms with Crippen molar-refractivity contribution in [3.8, 4) is 0 Å². The number of hydrogen-bond acceptors (Lipinski definition) is 5. The van der Waals surface area contributed by atoms with Crippen LogP contribution < -0.4 is 5.32 Å². The molecule has 3 aliphatic heterocycles. The van der Waals surface area contributed by atoms with Gasteiger partial charge in [-0.15, -0.1) is 0 Å². The highest BCUT2D eigenvalue weighted by atomic mass is 16.5. The van der Waals surface area contributed by atoms with E-state index in [1.54, 1.807) is 0 Å². The molecule has 1 N–H and O–H groups in total. The standard InChI is InChI=1S/C17H32N4O2/c1-15(17(22)21-10-12-23-13-11-21)20-8-6-19(7-9-20)14-16-2-4-18-5-3-16/h15-16,18H,2-14H2,1H3. The third-order valence-electron chi connectivity index (χ3n) is 5.61. The summed E-state index contributed by atoms with van der Waals surface area (Å²) in [5.74, 6) is 1.13. The Hall–Kier alpha value is -0.690. The minimum absolute atomic E-state index is 0.00845. The highest BCUT2D eigenvalue weighted by Gasteiger charge is 2.30. The van der Waals surface area contributed by atoms with E-state index < -0.39 is 0 Å². The SMILES string of the molecule is CC(C(=O)N1CCOCC1)N1CCN(CC2CCNCC2)CC1. The van der Waals surface area contributed by atoms with Crippen LogP contribution in [0.5, 0.6) is 0 Å². The van der Waals surface area contributed by atoms with E-state index in [-0.39, 0.29) is 11.9 Å². The van der Waals surface area contributed by atoms with Crippen LogP contribution in [0.25, 0.3) is 0 Å². The minimum Gasteiger partial charge on any atom is -0.378 e. The van der Waals surface area contributed by atoms with Crippen molar-refractivity contribution in [3.05, 3.63) is 0 Å². The predicted molar refractivity (Wildman–Crippen MR) is 90.5 cm³/mol. The summed E-state index contributed by atoms with van der Waals surface area (Å²) in [7, 11) is 0. The Morgan fingerprint density at radius 2 is 1.74 bits per heavy atom. The Labute approximate surface area is 140 Å². The van der Waals surface area contributed by atoms with E-state index in [1.165, 1.54) is 32.5 Å². The van der Waals surface area contributed by atoms with Crippen molar-refractivity contribution in [3.63, 3.8) is 0 Å². The number of hydrogen-bond donors (Lipinski definition) is 1. The Morgan fingerprint density at radius 3 is 2.39 bits per heavy atom. The number of ether oxygens (including phenoxy) is 1. The Bertz CT molecular complexity index is 373. The molecule has 3 saturated heterocycles. The molecule has 0 aromatic rings. The van der Waals surface area contributed by atoms with Gasteiger partial charge in [0.2, 0.25) is 5.91 Å². The van der Waals surface area contributed by atoms with Crippen LogP contribution in [0.3, 0.4) is 0 Å². The fourth-order valence-corrected chi connectivity index (χ4v) is 3.97. The zero-order chi connectivity index (χ0) is 16.1. The van der Waals surface area contributed by atoms with E-state index in [0.717, 1.165) is 45.2 Å². The molecule has 6 nitrogen and oxygen atoms in total. The van der Waals surface area contributed by atoms with Crippen molar-refractivity contribution in [2.45, 2.75) is 25.8 Å². The summed E-state index contributed by atoms with van der Waals surface area (Å²) < 4.78 is 5.34. The lowest BCUT2D eigenvalue weighted by atomic mass is 9.97. The topological polar surface area (TPSA) is 48.1 Å². The Balaban J connectivity index is 1.41. The predicted octanol–water partition coefficient (Wildman–Crippen LogP) is -0.149. The maximum absolute atomic E-state index is 12.6. The molecular weight excluding hydrogens is 292 g/mol. The molecule has 1 unspecified atom stereocenters. The van der Waals surface area contributed by atoms with Gasteiger partial charge in [0.1, 0.15) is 0 Å². The number of piperidine rings is 1. The number of carbonyl (C=O) groups is 1. The first-order chi connectivity index (χ1) is 11.2. The van der Waals surface area contributed by atoms with Gasteiger partial charge in [0.15, 0.2) is 0 Å². The molecule has 132 valence electrons. The second-order valence-corrected chi connectivity index (χ2v) is 7.14. The largest absolute Gasteiger partial charge is 0.378 e. The highest BCUT2D eigenvalue weighted by molar-refractivity contribution is 5.81. The number of nitrogens with one attached hydrogen (secondary N) is 1. The maximum Gasteiger partial charge on any atom is 0.239 e. The molecule has 3 aliphatic rings. The van der Waals surface area contributed by atoms with Crippen molar-refractivity contribution < 1.29 is 9.53 Å². The lowest BCUT2D eigenvalue weighted by Crippen LogP contribution is -2.56. The van der Waals surface area contributed by atoms with Crippen LogP contribution >= 0.6 is 0 Å². The summed E-state index contributed by atoms with van der Waals surface area (Å²) in [6.45, 7) is 12.8. The zero-order valence-electron chi connectivity index (χ0n) is 14.5. The zero-order valence-corrected chi connectivity index (χ0v) is 14.5. The number of morpholine rings is 1. The van der Waals surface area contributed by atoms with Crippen LogP contribution in [0, 0.1) is 5.92 Å². The van der Waals surface area contributed by atoms with Crippen LogP contribution in [-0.2, 0) is 9.53 Å². The first kappa shape index (κ1) is 17.1. The molecule has 3 rings (SSSR count). The molecule has 3 heterocycles. The smallest absolute Gasteiger partial charge is 0.239 e. The maximum atomic E-state index is 12.6. The van der Waals surface area contributed by atoms with Gasteiger partial charge in [-0.3, -0.25) is 9.69 Å². The Kier molecular flexibility index (Phi) is 6.28. The number of rotatable bonds is 4. The lowest BCUT2D eigenvalue weighted by molar-refractivity contribution is -0.141. The van der Waals surface area contributed by atoms with E-state index in [0.29, 0.717) is 13.2 Å². The fourth-order valence-electron chi connectivity index (χ4n) is 3.97. The van der Waals surface area contributed by atoms with Gasteiger partial charge in [-0.25, -0.2) is 0 Å². The Morgan fingerprint density at radius 1 is 1.09 bits per heavy atom. The van der Waals surface area contributed by atoms with Crippen LogP contribution in [0.4, 0.5) is 0 Å². The monoisotopic (exact) mass is 324 g/mol. The van der Waals surface area contributed by atoms with E-state index >= 15 is 0 Å². The summed E-state index contributed by atoms with van der Waals surface area (Å²) in [5, 5.41) is 3.44. The summed E-state index contributed by atoms with van der Waals surface area (Å²) in [6.07, 6.45) is 2.62. The van der Waals surface area contributed by atoms with Crippen LogP contribution in [0.15, 0.2) is 0 Å². The molecule has 0 radical (unpaired) electrons. The van der Waals surface area contributed by atoms with Gasteiger partial charge >= 0.3 is 0 Å². The van der Waals surface area contributed by atoms with Crippen molar-refractivity contribution >= 4 is 5.91 Å². The summed E-state index contributed by atoms with van der Waals surface area (Å²) in [4.78, 5) is 19.5. The molecule has 1 amide bonds. The van der Waals surface area contributed by atoms with E-state index in [1.807, 2.05) is 4.90 Å². The van der Waals surface area contributed by atoms with Gasteiger partial charge in [-0.1, -0.05) is 0 Å². The average Bonchev–Trinajstić information content (AvgIpc) is 2.63. The van der Waals surface area contributed by atoms with E-state index in [9.17, 15) is 4.79 Å². The van der Waals surface area contributed by atoms with Gasteiger partial charge in [0, 0.05) is 45.8 Å². The third-order valence-corrected chi connectivity index (χ3v) is 5.61.